The molecule has 2 aromatic rings. The molecule has 6 nitrogen and oxygen atoms in total. The summed E-state index contributed by atoms with van der Waals surface area (Å²) in [5, 5.41) is 15.6. The van der Waals surface area contributed by atoms with Crippen LogP contribution in [-0.2, 0) is 4.74 Å². The average Bonchev–Trinajstić information content (AvgIpc) is 2.97. The van der Waals surface area contributed by atoms with E-state index in [9.17, 15) is 10.0 Å². The van der Waals surface area contributed by atoms with E-state index in [-0.39, 0.29) is 11.6 Å². The number of quaternary nitrogens is 1. The molecule has 0 saturated carbocycles. The van der Waals surface area contributed by atoms with Gasteiger partial charge >= 0.3 is 6.09 Å². The molecule has 1 aliphatic heterocycles. The Morgan fingerprint density at radius 2 is 2.00 bits per heavy atom. The van der Waals surface area contributed by atoms with Gasteiger partial charge in [-0.15, -0.1) is 0 Å². The standard InChI is InChI=1S/C22H24ClN3O3/c1-22(2,3)29-21(27)25-13-19(24-12-15-7-5-4-6-8-15)18-14-26(28)20-11-16(23)9-10-17(18)20/h4-12,14,19,26H,13H2,1-3H3,(H,25,27). The summed E-state index contributed by atoms with van der Waals surface area (Å²) in [5.41, 5.74) is 2.39. The van der Waals surface area contributed by atoms with E-state index in [1.807, 2.05) is 36.4 Å². The molecular weight excluding hydrogens is 390 g/mol. The molecule has 0 bridgehead atoms. The van der Waals surface area contributed by atoms with Crippen LogP contribution in [0.1, 0.15) is 31.9 Å². The summed E-state index contributed by atoms with van der Waals surface area (Å²) in [4.78, 5) is 16.8. The third-order valence-corrected chi connectivity index (χ3v) is 4.48. The van der Waals surface area contributed by atoms with Gasteiger partial charge in [0.1, 0.15) is 17.5 Å². The summed E-state index contributed by atoms with van der Waals surface area (Å²) in [6.07, 6.45) is 2.77. The van der Waals surface area contributed by atoms with Gasteiger partial charge in [-0.05, 0) is 38.5 Å². The summed E-state index contributed by atoms with van der Waals surface area (Å²) >= 11 is 6.04. The number of nitrogens with zero attached hydrogens (tertiary/aromatic N) is 1. The van der Waals surface area contributed by atoms with Gasteiger partial charge in [-0.3, -0.25) is 4.99 Å². The number of aliphatic imine (C=N–C) groups is 1. The molecule has 2 unspecified atom stereocenters. The van der Waals surface area contributed by atoms with Crippen LogP contribution in [0.3, 0.4) is 0 Å². The molecule has 29 heavy (non-hydrogen) atoms. The smallest absolute Gasteiger partial charge is 0.407 e. The molecule has 1 aliphatic rings. The lowest BCUT2D eigenvalue weighted by atomic mass is 10.0. The monoisotopic (exact) mass is 413 g/mol. The summed E-state index contributed by atoms with van der Waals surface area (Å²) < 4.78 is 5.31. The Balaban J connectivity index is 1.85. The molecule has 0 saturated heterocycles. The zero-order valence-electron chi connectivity index (χ0n) is 16.6. The van der Waals surface area contributed by atoms with Gasteiger partial charge in [-0.25, -0.2) is 4.79 Å². The first-order valence-corrected chi connectivity index (χ1v) is 9.72. The van der Waals surface area contributed by atoms with Crippen molar-refractivity contribution in [1.29, 1.82) is 0 Å². The predicted molar refractivity (Wildman–Crippen MR) is 115 cm³/mol. The number of hydroxylamine groups is 1. The Bertz CT molecular complexity index is 936. The molecular formula is C22H24ClN3O3. The lowest BCUT2D eigenvalue weighted by Gasteiger charge is -2.21. The second-order valence-corrected chi connectivity index (χ2v) is 8.18. The zero-order chi connectivity index (χ0) is 21.0. The second-order valence-electron chi connectivity index (χ2n) is 7.74. The van der Waals surface area contributed by atoms with Crippen LogP contribution in [0.4, 0.5) is 10.5 Å². The molecule has 1 heterocycles. The number of hydrogen-bond acceptors (Lipinski definition) is 4. The van der Waals surface area contributed by atoms with Crippen molar-refractivity contribution >= 4 is 35.2 Å². The van der Waals surface area contributed by atoms with Crippen LogP contribution in [0.2, 0.25) is 5.02 Å². The van der Waals surface area contributed by atoms with Crippen LogP contribution in [0, 0.1) is 5.21 Å². The Morgan fingerprint density at radius 3 is 2.69 bits per heavy atom. The highest BCUT2D eigenvalue weighted by Gasteiger charge is 2.28. The van der Waals surface area contributed by atoms with E-state index in [1.165, 1.54) is 0 Å². The van der Waals surface area contributed by atoms with Crippen molar-refractivity contribution in [1.82, 2.24) is 5.32 Å². The number of benzene rings is 2. The maximum Gasteiger partial charge on any atom is 0.407 e. The highest BCUT2D eigenvalue weighted by atomic mass is 35.5. The van der Waals surface area contributed by atoms with Crippen molar-refractivity contribution in [3.8, 4) is 0 Å². The maximum absolute atomic E-state index is 12.4. The third kappa shape index (κ3) is 5.67. The van der Waals surface area contributed by atoms with Crippen molar-refractivity contribution < 1.29 is 14.6 Å². The Labute approximate surface area is 175 Å². The predicted octanol–water partition coefficient (Wildman–Crippen LogP) is 3.72. The van der Waals surface area contributed by atoms with Crippen LogP contribution >= 0.6 is 11.6 Å². The van der Waals surface area contributed by atoms with Crippen molar-refractivity contribution in [2.75, 3.05) is 6.54 Å². The van der Waals surface area contributed by atoms with Crippen molar-refractivity contribution in [3.05, 3.63) is 76.1 Å². The summed E-state index contributed by atoms with van der Waals surface area (Å²) in [7, 11) is 0. The largest absolute Gasteiger partial charge is 0.624 e. The molecule has 7 heteroatoms. The van der Waals surface area contributed by atoms with E-state index in [0.29, 0.717) is 10.7 Å². The number of carbonyl (C=O) groups excluding carboxylic acids is 1. The van der Waals surface area contributed by atoms with Crippen LogP contribution in [-0.4, -0.2) is 30.5 Å². The summed E-state index contributed by atoms with van der Waals surface area (Å²) in [6, 6.07) is 14.4. The first-order chi connectivity index (χ1) is 13.7. The highest BCUT2D eigenvalue weighted by Crippen LogP contribution is 2.31. The number of halogens is 1. The van der Waals surface area contributed by atoms with Crippen LogP contribution in [0.5, 0.6) is 0 Å². The number of fused-ring (bicyclic) bond motifs is 1. The topological polar surface area (TPSA) is 78.2 Å². The van der Waals surface area contributed by atoms with Gasteiger partial charge in [-0.1, -0.05) is 41.9 Å². The fourth-order valence-corrected chi connectivity index (χ4v) is 3.17. The quantitative estimate of drug-likeness (QED) is 0.579. The van der Waals surface area contributed by atoms with E-state index in [2.05, 4.69) is 10.3 Å². The summed E-state index contributed by atoms with van der Waals surface area (Å²) in [5.74, 6) is 0. The molecule has 2 N–H and O–H groups in total. The number of alkyl carbamates (subject to hydrolysis) is 1. The van der Waals surface area contributed by atoms with E-state index < -0.39 is 17.7 Å². The van der Waals surface area contributed by atoms with Gasteiger partial charge < -0.3 is 20.3 Å². The lowest BCUT2D eigenvalue weighted by molar-refractivity contribution is -0.710. The van der Waals surface area contributed by atoms with E-state index in [0.717, 1.165) is 16.7 Å². The molecule has 0 aromatic heterocycles. The fraction of sp³-hybridized carbons (Fsp3) is 0.273. The van der Waals surface area contributed by atoms with Crippen LogP contribution in [0.25, 0.3) is 5.57 Å². The van der Waals surface area contributed by atoms with Gasteiger partial charge in [0.15, 0.2) is 0 Å². The number of ether oxygens (including phenoxy) is 1. The SMILES string of the molecule is CC(C)(C)OC(=O)NCC(N=Cc1ccccc1)C1=C[NH+]([O-])c2cc(Cl)ccc21. The Morgan fingerprint density at radius 1 is 1.28 bits per heavy atom. The van der Waals surface area contributed by atoms with Gasteiger partial charge in [0, 0.05) is 35.0 Å². The molecule has 2 atom stereocenters. The lowest BCUT2D eigenvalue weighted by Crippen LogP contribution is -2.95. The van der Waals surface area contributed by atoms with Crippen molar-refractivity contribution in [2.24, 2.45) is 4.99 Å². The molecule has 3 rings (SSSR count). The molecule has 0 fully saturated rings. The number of rotatable bonds is 5. The number of amides is 1. The zero-order valence-corrected chi connectivity index (χ0v) is 17.4. The van der Waals surface area contributed by atoms with E-state index in [4.69, 9.17) is 16.3 Å². The number of hydrogen-bond donors (Lipinski definition) is 2. The average molecular weight is 414 g/mol. The summed E-state index contributed by atoms with van der Waals surface area (Å²) in [6.45, 7) is 5.60. The maximum atomic E-state index is 12.4. The van der Waals surface area contributed by atoms with Crippen molar-refractivity contribution in [3.63, 3.8) is 0 Å². The Kier molecular flexibility index (Phi) is 6.37. The molecule has 1 amide bonds. The third-order valence-electron chi connectivity index (χ3n) is 4.25. The number of nitrogens with one attached hydrogen (secondary N) is 2. The normalized spacial score (nSPS) is 17.0. The van der Waals surface area contributed by atoms with Gasteiger partial charge in [0.25, 0.3) is 0 Å². The second kappa shape index (κ2) is 8.78. The minimum atomic E-state index is -0.598. The molecule has 0 radical (unpaired) electrons. The molecule has 0 spiro atoms. The van der Waals surface area contributed by atoms with Crippen LogP contribution in [0.15, 0.2) is 59.7 Å². The highest BCUT2D eigenvalue weighted by molar-refractivity contribution is 6.30. The fourth-order valence-electron chi connectivity index (χ4n) is 3.00. The molecule has 2 aromatic carbocycles. The number of carbonyl (C=O) groups is 1. The minimum Gasteiger partial charge on any atom is -0.624 e. The molecule has 152 valence electrons. The van der Waals surface area contributed by atoms with Gasteiger partial charge in [0.05, 0.1) is 6.04 Å². The van der Waals surface area contributed by atoms with Crippen molar-refractivity contribution in [2.45, 2.75) is 32.4 Å². The van der Waals surface area contributed by atoms with Crippen LogP contribution < -0.4 is 10.4 Å². The van der Waals surface area contributed by atoms with E-state index in [1.54, 1.807) is 45.3 Å². The first-order valence-electron chi connectivity index (χ1n) is 9.34. The van der Waals surface area contributed by atoms with E-state index >= 15 is 0 Å². The minimum absolute atomic E-state index is 0.116. The van der Waals surface area contributed by atoms with Gasteiger partial charge in [-0.2, -0.15) is 0 Å². The first kappa shape index (κ1) is 21.0. The Hall–Kier alpha value is -2.67. The molecule has 0 aliphatic carbocycles. The van der Waals surface area contributed by atoms with Gasteiger partial charge in [0.2, 0.25) is 0 Å².